The average molecular weight is 228 g/mol. The van der Waals surface area contributed by atoms with Gasteiger partial charge < -0.3 is 9.47 Å². The highest BCUT2D eigenvalue weighted by molar-refractivity contribution is 5.36. The Balaban J connectivity index is 2.14. The molecule has 1 aliphatic rings. The predicted octanol–water partition coefficient (Wildman–Crippen LogP) is 2.78. The second-order valence-electron chi connectivity index (χ2n) is 5.68. The standard InChI is InChI=1S/C13H24O3/c1-13(2,3)11-4-6-12(7-5-11)16-9-8-15-10-14/h10-12H,4-9H2,1-3H3. The first kappa shape index (κ1) is 13.5. The van der Waals surface area contributed by atoms with Gasteiger partial charge in [-0.05, 0) is 37.0 Å². The summed E-state index contributed by atoms with van der Waals surface area (Å²) in [6, 6.07) is 0. The molecule has 0 atom stereocenters. The van der Waals surface area contributed by atoms with Crippen molar-refractivity contribution >= 4 is 6.47 Å². The predicted molar refractivity (Wildman–Crippen MR) is 63.2 cm³/mol. The number of hydrogen-bond acceptors (Lipinski definition) is 3. The Morgan fingerprint density at radius 1 is 1.12 bits per heavy atom. The van der Waals surface area contributed by atoms with Crippen molar-refractivity contribution in [1.82, 2.24) is 0 Å². The third-order valence-electron chi connectivity index (χ3n) is 3.52. The van der Waals surface area contributed by atoms with Gasteiger partial charge in [0.1, 0.15) is 6.61 Å². The van der Waals surface area contributed by atoms with Crippen molar-refractivity contribution in [3.8, 4) is 0 Å². The first-order valence-electron chi connectivity index (χ1n) is 6.21. The molecule has 0 bridgehead atoms. The Morgan fingerprint density at radius 2 is 1.75 bits per heavy atom. The van der Waals surface area contributed by atoms with E-state index in [0.717, 1.165) is 18.8 Å². The monoisotopic (exact) mass is 228 g/mol. The molecule has 0 amide bonds. The van der Waals surface area contributed by atoms with Gasteiger partial charge in [-0.3, -0.25) is 4.79 Å². The van der Waals surface area contributed by atoms with E-state index in [1.54, 1.807) is 0 Å². The smallest absolute Gasteiger partial charge is 0.293 e. The van der Waals surface area contributed by atoms with Crippen LogP contribution in [0.1, 0.15) is 46.5 Å². The van der Waals surface area contributed by atoms with E-state index in [0.29, 0.717) is 31.2 Å². The fraction of sp³-hybridized carbons (Fsp3) is 0.923. The van der Waals surface area contributed by atoms with E-state index in [-0.39, 0.29) is 0 Å². The molecule has 0 aromatic rings. The van der Waals surface area contributed by atoms with Crippen LogP contribution in [0.25, 0.3) is 0 Å². The van der Waals surface area contributed by atoms with Crippen LogP contribution in [-0.2, 0) is 14.3 Å². The van der Waals surface area contributed by atoms with Crippen molar-refractivity contribution < 1.29 is 14.3 Å². The molecule has 1 saturated carbocycles. The molecule has 16 heavy (non-hydrogen) atoms. The van der Waals surface area contributed by atoms with Crippen LogP contribution in [0.15, 0.2) is 0 Å². The maximum atomic E-state index is 9.93. The van der Waals surface area contributed by atoms with Gasteiger partial charge in [0.25, 0.3) is 6.47 Å². The van der Waals surface area contributed by atoms with Crippen LogP contribution >= 0.6 is 0 Å². The minimum atomic E-state index is 0.369. The van der Waals surface area contributed by atoms with Gasteiger partial charge >= 0.3 is 0 Å². The third-order valence-corrected chi connectivity index (χ3v) is 3.52. The van der Waals surface area contributed by atoms with Gasteiger partial charge in [-0.25, -0.2) is 0 Å². The summed E-state index contributed by atoms with van der Waals surface area (Å²) in [7, 11) is 0. The lowest BCUT2D eigenvalue weighted by molar-refractivity contribution is -0.131. The molecule has 0 radical (unpaired) electrons. The Kier molecular flexibility index (Phi) is 5.26. The van der Waals surface area contributed by atoms with Gasteiger partial charge in [-0.1, -0.05) is 20.8 Å². The molecule has 94 valence electrons. The fourth-order valence-corrected chi connectivity index (χ4v) is 2.41. The first-order chi connectivity index (χ1) is 7.54. The molecular formula is C13H24O3. The summed E-state index contributed by atoms with van der Waals surface area (Å²) < 4.78 is 10.3. The van der Waals surface area contributed by atoms with E-state index in [1.807, 2.05) is 0 Å². The number of hydrogen-bond donors (Lipinski definition) is 0. The molecule has 0 N–H and O–H groups in total. The topological polar surface area (TPSA) is 35.5 Å². The van der Waals surface area contributed by atoms with Gasteiger partial charge in [-0.15, -0.1) is 0 Å². The Labute approximate surface area is 98.5 Å². The van der Waals surface area contributed by atoms with E-state index < -0.39 is 0 Å². The summed E-state index contributed by atoms with van der Waals surface area (Å²) in [4.78, 5) is 9.93. The van der Waals surface area contributed by atoms with Crippen molar-refractivity contribution in [2.24, 2.45) is 11.3 Å². The van der Waals surface area contributed by atoms with Crippen LogP contribution in [0.5, 0.6) is 0 Å². The van der Waals surface area contributed by atoms with Gasteiger partial charge in [-0.2, -0.15) is 0 Å². The van der Waals surface area contributed by atoms with Crippen LogP contribution in [0, 0.1) is 11.3 Å². The zero-order chi connectivity index (χ0) is 12.0. The molecular weight excluding hydrogens is 204 g/mol. The first-order valence-corrected chi connectivity index (χ1v) is 6.21. The van der Waals surface area contributed by atoms with Crippen LogP contribution in [0.2, 0.25) is 0 Å². The van der Waals surface area contributed by atoms with Crippen molar-refractivity contribution in [2.75, 3.05) is 13.2 Å². The molecule has 0 aromatic heterocycles. The largest absolute Gasteiger partial charge is 0.465 e. The maximum absolute atomic E-state index is 9.93. The van der Waals surface area contributed by atoms with E-state index in [1.165, 1.54) is 12.8 Å². The minimum Gasteiger partial charge on any atom is -0.465 e. The van der Waals surface area contributed by atoms with Crippen molar-refractivity contribution in [2.45, 2.75) is 52.6 Å². The lowest BCUT2D eigenvalue weighted by atomic mass is 9.72. The normalized spacial score (nSPS) is 26.4. The highest BCUT2D eigenvalue weighted by atomic mass is 16.5. The lowest BCUT2D eigenvalue weighted by Gasteiger charge is -2.36. The number of rotatable bonds is 5. The van der Waals surface area contributed by atoms with E-state index >= 15 is 0 Å². The number of carbonyl (C=O) groups excluding carboxylic acids is 1. The zero-order valence-electron chi connectivity index (χ0n) is 10.7. The quantitative estimate of drug-likeness (QED) is 0.536. The van der Waals surface area contributed by atoms with Crippen LogP contribution < -0.4 is 0 Å². The van der Waals surface area contributed by atoms with Gasteiger partial charge in [0.15, 0.2) is 0 Å². The van der Waals surface area contributed by atoms with E-state index in [2.05, 4.69) is 25.5 Å². The molecule has 0 spiro atoms. The van der Waals surface area contributed by atoms with Gasteiger partial charge in [0, 0.05) is 0 Å². The third kappa shape index (κ3) is 4.52. The molecule has 3 nitrogen and oxygen atoms in total. The summed E-state index contributed by atoms with van der Waals surface area (Å²) in [5, 5.41) is 0. The second kappa shape index (κ2) is 6.24. The SMILES string of the molecule is CC(C)(C)C1CCC(OCCOC=O)CC1. The van der Waals surface area contributed by atoms with E-state index in [4.69, 9.17) is 4.74 Å². The molecule has 1 aliphatic carbocycles. The van der Waals surface area contributed by atoms with Crippen LogP contribution in [0.3, 0.4) is 0 Å². The Hall–Kier alpha value is -0.570. The highest BCUT2D eigenvalue weighted by Gasteiger charge is 2.29. The van der Waals surface area contributed by atoms with Crippen LogP contribution in [0.4, 0.5) is 0 Å². The molecule has 1 fully saturated rings. The van der Waals surface area contributed by atoms with Crippen LogP contribution in [-0.4, -0.2) is 25.8 Å². The maximum Gasteiger partial charge on any atom is 0.293 e. The van der Waals surface area contributed by atoms with Crippen molar-refractivity contribution in [3.63, 3.8) is 0 Å². The average Bonchev–Trinajstić information content (AvgIpc) is 2.24. The molecule has 3 heteroatoms. The summed E-state index contributed by atoms with van der Waals surface area (Å²) in [5.74, 6) is 0.818. The number of ether oxygens (including phenoxy) is 2. The molecule has 0 aromatic carbocycles. The van der Waals surface area contributed by atoms with Gasteiger partial charge in [0.05, 0.1) is 12.7 Å². The molecule has 0 unspecified atom stereocenters. The summed E-state index contributed by atoms with van der Waals surface area (Å²) in [6.07, 6.45) is 5.16. The molecule has 0 aliphatic heterocycles. The van der Waals surface area contributed by atoms with Gasteiger partial charge in [0.2, 0.25) is 0 Å². The lowest BCUT2D eigenvalue weighted by Crippen LogP contribution is -2.29. The molecule has 1 rings (SSSR count). The van der Waals surface area contributed by atoms with Crippen molar-refractivity contribution in [3.05, 3.63) is 0 Å². The second-order valence-corrected chi connectivity index (χ2v) is 5.68. The Morgan fingerprint density at radius 3 is 2.25 bits per heavy atom. The number of carbonyl (C=O) groups is 1. The fourth-order valence-electron chi connectivity index (χ4n) is 2.41. The summed E-state index contributed by atoms with van der Waals surface area (Å²) in [5.41, 5.74) is 0.422. The summed E-state index contributed by atoms with van der Waals surface area (Å²) >= 11 is 0. The Bertz CT molecular complexity index is 200. The van der Waals surface area contributed by atoms with E-state index in [9.17, 15) is 4.79 Å². The van der Waals surface area contributed by atoms with Crippen molar-refractivity contribution in [1.29, 1.82) is 0 Å². The highest BCUT2D eigenvalue weighted by Crippen LogP contribution is 2.38. The summed E-state index contributed by atoms with van der Waals surface area (Å²) in [6.45, 7) is 8.33. The minimum absolute atomic E-state index is 0.369. The zero-order valence-corrected chi connectivity index (χ0v) is 10.7. The molecule has 0 heterocycles. The molecule has 0 saturated heterocycles.